The van der Waals surface area contributed by atoms with Crippen LogP contribution in [0.4, 0.5) is 11.4 Å². The Hall–Kier alpha value is -3.91. The number of hydrogen-bond donors (Lipinski definition) is 2. The van der Waals surface area contributed by atoms with Gasteiger partial charge < -0.3 is 15.4 Å². The number of thiophene rings is 1. The smallest absolute Gasteiger partial charge is 0.274 e. The highest BCUT2D eigenvalue weighted by molar-refractivity contribution is 7.13. The Morgan fingerprint density at radius 1 is 1.13 bits per heavy atom. The summed E-state index contributed by atoms with van der Waals surface area (Å²) < 4.78 is 7.21. The van der Waals surface area contributed by atoms with Crippen LogP contribution < -0.4 is 15.4 Å². The molecule has 2 amide bonds. The summed E-state index contributed by atoms with van der Waals surface area (Å²) in [5, 5.41) is 12.3. The van der Waals surface area contributed by atoms with Gasteiger partial charge in [0.25, 0.3) is 11.8 Å². The summed E-state index contributed by atoms with van der Waals surface area (Å²) in [6, 6.07) is 20.4. The van der Waals surface area contributed by atoms with Crippen molar-refractivity contribution in [1.82, 2.24) is 9.78 Å². The lowest BCUT2D eigenvalue weighted by molar-refractivity contribution is -0.122. The third kappa shape index (κ3) is 3.69. The van der Waals surface area contributed by atoms with Crippen molar-refractivity contribution >= 4 is 34.5 Å². The van der Waals surface area contributed by atoms with Gasteiger partial charge in [0.2, 0.25) is 0 Å². The highest BCUT2D eigenvalue weighted by atomic mass is 32.1. The first-order valence-corrected chi connectivity index (χ1v) is 10.6. The van der Waals surface area contributed by atoms with Crippen LogP contribution in [-0.4, -0.2) is 27.7 Å². The normalized spacial score (nSPS) is 15.0. The molecular weight excluding hydrogens is 412 g/mol. The molecular formula is C23H18N4O3S. The van der Waals surface area contributed by atoms with Gasteiger partial charge >= 0.3 is 0 Å². The van der Waals surface area contributed by atoms with Gasteiger partial charge in [-0.1, -0.05) is 24.3 Å². The van der Waals surface area contributed by atoms with Crippen LogP contribution in [0.5, 0.6) is 5.75 Å². The van der Waals surface area contributed by atoms with Gasteiger partial charge in [-0.15, -0.1) is 11.3 Å². The van der Waals surface area contributed by atoms with E-state index in [1.54, 1.807) is 47.2 Å². The van der Waals surface area contributed by atoms with Crippen molar-refractivity contribution in [2.45, 2.75) is 13.0 Å². The summed E-state index contributed by atoms with van der Waals surface area (Å²) in [7, 11) is 0. The number of nitrogens with zero attached hydrogens (tertiary/aromatic N) is 2. The standard InChI is InChI=1S/C23H18N4O3S/c1-14-22(28)25-17-12-15(9-10-20(17)30-14)24-23(29)19-13-18(21-8-5-11-31-21)26-27(19)16-6-3-2-4-7-16/h2-14H,1H3,(H,24,29)(H,25,28). The van der Waals surface area contributed by atoms with Crippen molar-refractivity contribution < 1.29 is 14.3 Å². The third-order valence-electron chi connectivity index (χ3n) is 4.88. The molecule has 5 rings (SSSR count). The van der Waals surface area contributed by atoms with Gasteiger partial charge in [-0.2, -0.15) is 5.10 Å². The Balaban J connectivity index is 1.48. The quantitative estimate of drug-likeness (QED) is 0.497. The molecule has 0 saturated carbocycles. The van der Waals surface area contributed by atoms with Crippen LogP contribution in [0.2, 0.25) is 0 Å². The number of amides is 2. The van der Waals surface area contributed by atoms with E-state index >= 15 is 0 Å². The Morgan fingerprint density at radius 2 is 1.97 bits per heavy atom. The fourth-order valence-electron chi connectivity index (χ4n) is 3.34. The van der Waals surface area contributed by atoms with Crippen molar-refractivity contribution in [2.24, 2.45) is 0 Å². The number of benzene rings is 2. The number of ether oxygens (including phenoxy) is 1. The lowest BCUT2D eigenvalue weighted by atomic mass is 10.2. The van der Waals surface area contributed by atoms with E-state index in [2.05, 4.69) is 15.7 Å². The second-order valence-electron chi connectivity index (χ2n) is 7.05. The lowest BCUT2D eigenvalue weighted by Crippen LogP contribution is -2.34. The van der Waals surface area contributed by atoms with Gasteiger partial charge in [0.05, 0.1) is 16.3 Å². The van der Waals surface area contributed by atoms with Crippen LogP contribution in [0.3, 0.4) is 0 Å². The second kappa shape index (κ2) is 7.73. The third-order valence-corrected chi connectivity index (χ3v) is 5.78. The lowest BCUT2D eigenvalue weighted by Gasteiger charge is -2.23. The molecule has 2 N–H and O–H groups in total. The molecule has 1 aliphatic rings. The zero-order valence-electron chi connectivity index (χ0n) is 16.5. The van der Waals surface area contributed by atoms with Gasteiger partial charge in [-0.25, -0.2) is 4.68 Å². The Labute approximate surface area is 182 Å². The molecule has 2 aromatic carbocycles. The minimum absolute atomic E-state index is 0.223. The van der Waals surface area contributed by atoms with Gasteiger partial charge in [0, 0.05) is 5.69 Å². The van der Waals surface area contributed by atoms with Crippen LogP contribution >= 0.6 is 11.3 Å². The number of nitrogens with one attached hydrogen (secondary N) is 2. The Morgan fingerprint density at radius 3 is 2.74 bits per heavy atom. The fraction of sp³-hybridized carbons (Fsp3) is 0.0870. The summed E-state index contributed by atoms with van der Waals surface area (Å²) in [5.41, 5.74) is 2.98. The van der Waals surface area contributed by atoms with Crippen molar-refractivity contribution in [2.75, 3.05) is 10.6 Å². The first-order chi connectivity index (χ1) is 15.1. The number of rotatable bonds is 4. The van der Waals surface area contributed by atoms with E-state index in [1.165, 1.54) is 0 Å². The molecule has 0 saturated heterocycles. The molecule has 31 heavy (non-hydrogen) atoms. The molecule has 8 heteroatoms. The molecule has 0 fully saturated rings. The van der Waals surface area contributed by atoms with E-state index in [0.717, 1.165) is 16.3 Å². The van der Waals surface area contributed by atoms with Crippen molar-refractivity contribution in [1.29, 1.82) is 0 Å². The summed E-state index contributed by atoms with van der Waals surface area (Å²) in [6.07, 6.45) is -0.552. The topological polar surface area (TPSA) is 85.2 Å². The fourth-order valence-corrected chi connectivity index (χ4v) is 4.02. The van der Waals surface area contributed by atoms with Gasteiger partial charge in [0.1, 0.15) is 17.1 Å². The number of hydrogen-bond acceptors (Lipinski definition) is 5. The van der Waals surface area contributed by atoms with E-state index in [1.807, 2.05) is 47.8 Å². The largest absolute Gasteiger partial charge is 0.479 e. The second-order valence-corrected chi connectivity index (χ2v) is 8.00. The maximum absolute atomic E-state index is 13.2. The van der Waals surface area contributed by atoms with E-state index in [-0.39, 0.29) is 11.8 Å². The summed E-state index contributed by atoms with van der Waals surface area (Å²) in [6.45, 7) is 1.68. The minimum Gasteiger partial charge on any atom is -0.479 e. The highest BCUT2D eigenvalue weighted by Gasteiger charge is 2.24. The summed E-state index contributed by atoms with van der Waals surface area (Å²) in [5.74, 6) is 0.0358. The Kier molecular flexibility index (Phi) is 4.76. The number of fused-ring (bicyclic) bond motifs is 1. The van der Waals surface area contributed by atoms with Crippen LogP contribution in [0.1, 0.15) is 17.4 Å². The maximum atomic E-state index is 13.2. The first-order valence-electron chi connectivity index (χ1n) is 9.71. The molecule has 7 nitrogen and oxygen atoms in total. The zero-order chi connectivity index (χ0) is 21.4. The van der Waals surface area contributed by atoms with Gasteiger partial charge in [0.15, 0.2) is 6.10 Å². The maximum Gasteiger partial charge on any atom is 0.274 e. The molecule has 0 radical (unpaired) electrons. The molecule has 0 aliphatic carbocycles. The SMILES string of the molecule is CC1Oc2ccc(NC(=O)c3cc(-c4cccs4)nn3-c3ccccc3)cc2NC1=O. The zero-order valence-corrected chi connectivity index (χ0v) is 17.3. The number of carbonyl (C=O) groups is 2. The van der Waals surface area contributed by atoms with Crippen LogP contribution in [0.25, 0.3) is 16.3 Å². The first kappa shape index (κ1) is 19.1. The number of anilines is 2. The Bertz CT molecular complexity index is 1270. The predicted octanol–water partition coefficient (Wildman–Crippen LogP) is 4.57. The predicted molar refractivity (Wildman–Crippen MR) is 120 cm³/mol. The molecule has 0 bridgehead atoms. The van der Waals surface area contributed by atoms with Gasteiger partial charge in [-0.05, 0) is 54.8 Å². The van der Waals surface area contributed by atoms with Gasteiger partial charge in [-0.3, -0.25) is 9.59 Å². The summed E-state index contributed by atoms with van der Waals surface area (Å²) in [4.78, 5) is 26.1. The van der Waals surface area contributed by atoms with Crippen LogP contribution in [0.15, 0.2) is 72.1 Å². The molecule has 1 aliphatic heterocycles. The molecule has 154 valence electrons. The summed E-state index contributed by atoms with van der Waals surface area (Å²) >= 11 is 1.56. The molecule has 2 aromatic heterocycles. The average molecular weight is 430 g/mol. The molecule has 4 aromatic rings. The molecule has 3 heterocycles. The number of para-hydroxylation sites is 1. The van der Waals surface area contributed by atoms with Crippen molar-refractivity contribution in [3.63, 3.8) is 0 Å². The van der Waals surface area contributed by atoms with Crippen LogP contribution in [-0.2, 0) is 4.79 Å². The van der Waals surface area contributed by atoms with Crippen LogP contribution in [0, 0.1) is 0 Å². The number of carbonyl (C=O) groups excluding carboxylic acids is 2. The van der Waals surface area contributed by atoms with Crippen molar-refractivity contribution in [3.05, 3.63) is 77.8 Å². The minimum atomic E-state index is -0.552. The average Bonchev–Trinajstić information content (AvgIpc) is 3.45. The van der Waals surface area contributed by atoms with E-state index < -0.39 is 6.10 Å². The molecule has 0 spiro atoms. The number of aromatic nitrogens is 2. The molecule has 1 atom stereocenters. The monoisotopic (exact) mass is 430 g/mol. The van der Waals surface area contributed by atoms with E-state index in [9.17, 15) is 9.59 Å². The highest BCUT2D eigenvalue weighted by Crippen LogP contribution is 2.32. The van der Waals surface area contributed by atoms with Crippen molar-refractivity contribution in [3.8, 4) is 22.0 Å². The van der Waals surface area contributed by atoms with E-state index in [0.29, 0.717) is 22.8 Å². The van der Waals surface area contributed by atoms with E-state index in [4.69, 9.17) is 4.74 Å². The molecule has 1 unspecified atom stereocenters.